The van der Waals surface area contributed by atoms with Gasteiger partial charge in [0.1, 0.15) is 6.04 Å². The van der Waals surface area contributed by atoms with Gasteiger partial charge in [0.15, 0.2) is 0 Å². The van der Waals surface area contributed by atoms with Crippen LogP contribution < -0.4 is 5.32 Å². The number of aromatic nitrogens is 2. The maximum atomic E-state index is 12.8. The molecule has 7 heteroatoms. The SMILES string of the molecule is O=C(Nc1cccc2cn[nH]c12)C1CSCN1C(=O)c1ccccc1. The van der Waals surface area contributed by atoms with E-state index in [-0.39, 0.29) is 11.8 Å². The lowest BCUT2D eigenvalue weighted by Crippen LogP contribution is -2.44. The van der Waals surface area contributed by atoms with Gasteiger partial charge in [-0.05, 0) is 18.2 Å². The predicted molar refractivity (Wildman–Crippen MR) is 98.4 cm³/mol. The monoisotopic (exact) mass is 352 g/mol. The molecule has 0 spiro atoms. The highest BCUT2D eigenvalue weighted by Gasteiger charge is 2.35. The Morgan fingerprint density at radius 1 is 1.16 bits per heavy atom. The number of H-pyrrole nitrogens is 1. The molecule has 2 aromatic carbocycles. The third kappa shape index (κ3) is 2.98. The van der Waals surface area contributed by atoms with E-state index in [9.17, 15) is 9.59 Å². The van der Waals surface area contributed by atoms with Crippen molar-refractivity contribution in [3.63, 3.8) is 0 Å². The van der Waals surface area contributed by atoms with E-state index < -0.39 is 6.04 Å². The molecule has 0 radical (unpaired) electrons. The molecule has 1 aliphatic heterocycles. The Kier molecular flexibility index (Phi) is 4.15. The highest BCUT2D eigenvalue weighted by atomic mass is 32.2. The molecule has 0 aliphatic carbocycles. The number of hydrogen-bond acceptors (Lipinski definition) is 4. The molecule has 1 atom stereocenters. The smallest absolute Gasteiger partial charge is 0.255 e. The van der Waals surface area contributed by atoms with Gasteiger partial charge in [-0.15, -0.1) is 11.8 Å². The number of nitrogens with one attached hydrogen (secondary N) is 2. The van der Waals surface area contributed by atoms with Gasteiger partial charge in [0.2, 0.25) is 5.91 Å². The van der Waals surface area contributed by atoms with Gasteiger partial charge in [-0.2, -0.15) is 5.10 Å². The summed E-state index contributed by atoms with van der Waals surface area (Å²) in [7, 11) is 0. The fourth-order valence-corrected chi connectivity index (χ4v) is 4.05. The van der Waals surface area contributed by atoms with E-state index in [1.165, 1.54) is 0 Å². The van der Waals surface area contributed by atoms with Gasteiger partial charge < -0.3 is 10.2 Å². The van der Waals surface area contributed by atoms with Gasteiger partial charge in [-0.1, -0.05) is 30.3 Å². The van der Waals surface area contributed by atoms with Crippen LogP contribution in [0.3, 0.4) is 0 Å². The first-order valence-electron chi connectivity index (χ1n) is 7.91. The van der Waals surface area contributed by atoms with Crippen molar-refractivity contribution in [1.82, 2.24) is 15.1 Å². The molecular weight excluding hydrogens is 336 g/mol. The zero-order valence-electron chi connectivity index (χ0n) is 13.3. The van der Waals surface area contributed by atoms with Crippen LogP contribution in [0.15, 0.2) is 54.7 Å². The summed E-state index contributed by atoms with van der Waals surface area (Å²) >= 11 is 1.58. The second-order valence-corrected chi connectivity index (χ2v) is 6.79. The second kappa shape index (κ2) is 6.60. The molecule has 0 bridgehead atoms. The van der Waals surface area contributed by atoms with Gasteiger partial charge in [-0.25, -0.2) is 0 Å². The summed E-state index contributed by atoms with van der Waals surface area (Å²) < 4.78 is 0. The molecule has 2 N–H and O–H groups in total. The van der Waals surface area contributed by atoms with E-state index in [4.69, 9.17) is 0 Å². The zero-order chi connectivity index (χ0) is 17.2. The van der Waals surface area contributed by atoms with Crippen molar-refractivity contribution in [1.29, 1.82) is 0 Å². The highest BCUT2D eigenvalue weighted by Crippen LogP contribution is 2.26. The zero-order valence-corrected chi connectivity index (χ0v) is 14.1. The Labute approximate surface area is 148 Å². The average Bonchev–Trinajstić information content (AvgIpc) is 3.31. The minimum Gasteiger partial charge on any atom is -0.322 e. The number of amides is 2. The summed E-state index contributed by atoms with van der Waals surface area (Å²) in [4.78, 5) is 27.1. The predicted octanol–water partition coefficient (Wildman–Crippen LogP) is 2.72. The van der Waals surface area contributed by atoms with Crippen molar-refractivity contribution < 1.29 is 9.59 Å². The molecule has 2 heterocycles. The first-order chi connectivity index (χ1) is 12.2. The standard InChI is InChI=1S/C18H16N4O2S/c23-17(20-14-8-4-7-13-9-19-21-16(13)14)15-10-25-11-22(15)18(24)12-5-2-1-3-6-12/h1-9,15H,10-11H2,(H,19,21)(H,20,23). The Morgan fingerprint density at radius 2 is 2.00 bits per heavy atom. The minimum absolute atomic E-state index is 0.120. The molecule has 6 nitrogen and oxygen atoms in total. The highest BCUT2D eigenvalue weighted by molar-refractivity contribution is 7.99. The van der Waals surface area contributed by atoms with E-state index >= 15 is 0 Å². The topological polar surface area (TPSA) is 78.1 Å². The van der Waals surface area contributed by atoms with Crippen LogP contribution >= 0.6 is 11.8 Å². The van der Waals surface area contributed by atoms with E-state index in [0.29, 0.717) is 22.9 Å². The molecule has 2 amide bonds. The van der Waals surface area contributed by atoms with Crippen LogP contribution in [0, 0.1) is 0 Å². The average molecular weight is 352 g/mol. The molecular formula is C18H16N4O2S. The number of rotatable bonds is 3. The summed E-state index contributed by atoms with van der Waals surface area (Å²) in [6.07, 6.45) is 1.71. The number of fused-ring (bicyclic) bond motifs is 1. The first-order valence-corrected chi connectivity index (χ1v) is 9.06. The van der Waals surface area contributed by atoms with Crippen LogP contribution in [0.2, 0.25) is 0 Å². The van der Waals surface area contributed by atoms with E-state index in [2.05, 4.69) is 15.5 Å². The van der Waals surface area contributed by atoms with Gasteiger partial charge in [0.05, 0.1) is 23.3 Å². The third-order valence-corrected chi connectivity index (χ3v) is 5.21. The normalized spacial score (nSPS) is 17.0. The van der Waals surface area contributed by atoms with Gasteiger partial charge in [-0.3, -0.25) is 14.7 Å². The molecule has 4 rings (SSSR count). The fourth-order valence-electron chi connectivity index (χ4n) is 2.90. The van der Waals surface area contributed by atoms with Gasteiger partial charge >= 0.3 is 0 Å². The molecule has 1 aliphatic rings. The lowest BCUT2D eigenvalue weighted by atomic mass is 10.1. The van der Waals surface area contributed by atoms with Gasteiger partial charge in [0.25, 0.3) is 5.91 Å². The van der Waals surface area contributed by atoms with E-state index in [0.717, 1.165) is 10.9 Å². The van der Waals surface area contributed by atoms with Crippen molar-refractivity contribution in [2.45, 2.75) is 6.04 Å². The lowest BCUT2D eigenvalue weighted by molar-refractivity contribution is -0.119. The minimum atomic E-state index is -0.490. The number of aromatic amines is 1. The summed E-state index contributed by atoms with van der Waals surface area (Å²) in [5, 5.41) is 10.8. The van der Waals surface area contributed by atoms with Crippen LogP contribution in [-0.2, 0) is 4.79 Å². The Hall–Kier alpha value is -2.80. The molecule has 126 valence electrons. The Balaban J connectivity index is 1.55. The van der Waals surface area contributed by atoms with Crippen molar-refractivity contribution in [3.05, 3.63) is 60.3 Å². The Morgan fingerprint density at radius 3 is 2.84 bits per heavy atom. The van der Waals surface area contributed by atoms with Crippen molar-refractivity contribution in [2.24, 2.45) is 0 Å². The Bertz CT molecular complexity index is 925. The number of anilines is 1. The summed E-state index contributed by atoms with van der Waals surface area (Å²) in [6.45, 7) is 0. The largest absolute Gasteiger partial charge is 0.322 e. The van der Waals surface area contributed by atoms with Crippen molar-refractivity contribution in [2.75, 3.05) is 16.9 Å². The number of carbonyl (C=O) groups is 2. The summed E-state index contributed by atoms with van der Waals surface area (Å²) in [5.74, 6) is 0.797. The molecule has 1 aromatic heterocycles. The molecule has 0 saturated carbocycles. The number of hydrogen-bond donors (Lipinski definition) is 2. The van der Waals surface area contributed by atoms with Crippen LogP contribution in [-0.4, -0.2) is 44.6 Å². The summed E-state index contributed by atoms with van der Waals surface area (Å²) in [6, 6.07) is 14.2. The van der Waals surface area contributed by atoms with Gasteiger partial charge in [0, 0.05) is 16.7 Å². The molecule has 1 unspecified atom stereocenters. The molecule has 3 aromatic rings. The van der Waals surface area contributed by atoms with Crippen molar-refractivity contribution in [3.8, 4) is 0 Å². The van der Waals surface area contributed by atoms with E-state index in [1.807, 2.05) is 36.4 Å². The number of thioether (sulfide) groups is 1. The summed E-state index contributed by atoms with van der Waals surface area (Å²) in [5.41, 5.74) is 2.05. The lowest BCUT2D eigenvalue weighted by Gasteiger charge is -2.23. The quantitative estimate of drug-likeness (QED) is 0.760. The first kappa shape index (κ1) is 15.7. The van der Waals surface area contributed by atoms with E-state index in [1.54, 1.807) is 35.0 Å². The number of benzene rings is 2. The van der Waals surface area contributed by atoms with Crippen LogP contribution in [0.25, 0.3) is 10.9 Å². The maximum Gasteiger partial charge on any atom is 0.255 e. The number of para-hydroxylation sites is 1. The second-order valence-electron chi connectivity index (χ2n) is 5.79. The molecule has 1 fully saturated rings. The fraction of sp³-hybridized carbons (Fsp3) is 0.167. The van der Waals surface area contributed by atoms with Crippen LogP contribution in [0.5, 0.6) is 0 Å². The van der Waals surface area contributed by atoms with Crippen LogP contribution in [0.4, 0.5) is 5.69 Å². The third-order valence-electron chi connectivity index (χ3n) is 4.20. The number of nitrogens with zero attached hydrogens (tertiary/aromatic N) is 2. The van der Waals surface area contributed by atoms with Crippen molar-refractivity contribution >= 4 is 40.2 Å². The molecule has 1 saturated heterocycles. The number of carbonyl (C=O) groups excluding carboxylic acids is 2. The molecule has 25 heavy (non-hydrogen) atoms. The van der Waals surface area contributed by atoms with Crippen LogP contribution in [0.1, 0.15) is 10.4 Å². The maximum absolute atomic E-state index is 12.8.